The molecule has 11 heteroatoms. The molecule has 1 aliphatic carbocycles. The third-order valence-corrected chi connectivity index (χ3v) is 9.37. The highest BCUT2D eigenvalue weighted by Gasteiger charge is 2.21. The Labute approximate surface area is 253 Å². The number of amides is 1. The number of rotatable bonds is 6. The van der Waals surface area contributed by atoms with Crippen molar-refractivity contribution in [3.05, 3.63) is 86.1 Å². The Bertz CT molecular complexity index is 1690. The van der Waals surface area contributed by atoms with E-state index in [0.29, 0.717) is 10.7 Å². The van der Waals surface area contributed by atoms with Gasteiger partial charge in [-0.1, -0.05) is 6.42 Å². The average Bonchev–Trinajstić information content (AvgIpc) is 3.28. The summed E-state index contributed by atoms with van der Waals surface area (Å²) in [6, 6.07) is 9.11. The topological polar surface area (TPSA) is 82.5 Å². The number of fused-ring (bicyclic) bond motifs is 1. The number of thiophene rings is 1. The number of carbonyl (C=O) groups excluding carboxylic acids is 1. The molecule has 8 nitrogen and oxygen atoms in total. The van der Waals surface area contributed by atoms with Crippen LogP contribution in [0.3, 0.4) is 0 Å². The number of benzene rings is 1. The molecular weight excluding hydrogens is 570 g/mol. The first-order valence-corrected chi connectivity index (χ1v) is 15.4. The van der Waals surface area contributed by atoms with E-state index in [1.54, 1.807) is 19.3 Å². The predicted molar refractivity (Wildman–Crippen MR) is 168 cm³/mol. The van der Waals surface area contributed by atoms with Gasteiger partial charge in [0.1, 0.15) is 17.3 Å². The van der Waals surface area contributed by atoms with Crippen molar-refractivity contribution in [3.8, 4) is 11.1 Å². The minimum atomic E-state index is -0.785. The summed E-state index contributed by atoms with van der Waals surface area (Å²) in [5.41, 5.74) is 1.92. The molecular formula is C32H34F2N6O2S. The number of aryl methyl sites for hydroxylation is 3. The summed E-state index contributed by atoms with van der Waals surface area (Å²) < 4.78 is 31.9. The van der Waals surface area contributed by atoms with Gasteiger partial charge in [0.2, 0.25) is 0 Å². The molecule has 0 spiro atoms. The third kappa shape index (κ3) is 6.33. The highest BCUT2D eigenvalue weighted by atomic mass is 32.1. The van der Waals surface area contributed by atoms with Gasteiger partial charge in [-0.25, -0.2) is 13.8 Å². The molecule has 0 atom stereocenters. The molecule has 1 fully saturated rings. The van der Waals surface area contributed by atoms with Crippen molar-refractivity contribution in [2.24, 2.45) is 7.05 Å². The van der Waals surface area contributed by atoms with Crippen LogP contribution in [0.1, 0.15) is 39.4 Å². The highest BCUT2D eigenvalue weighted by Crippen LogP contribution is 2.33. The Morgan fingerprint density at radius 2 is 1.74 bits per heavy atom. The first kappa shape index (κ1) is 29.0. The maximum absolute atomic E-state index is 15.8. The van der Waals surface area contributed by atoms with Crippen molar-refractivity contribution in [3.63, 3.8) is 0 Å². The second-order valence-electron chi connectivity index (χ2n) is 11.3. The van der Waals surface area contributed by atoms with Crippen molar-refractivity contribution in [2.75, 3.05) is 48.8 Å². The van der Waals surface area contributed by atoms with Gasteiger partial charge >= 0.3 is 0 Å². The minimum absolute atomic E-state index is 0.0747. The van der Waals surface area contributed by atoms with Crippen LogP contribution in [0.15, 0.2) is 53.6 Å². The van der Waals surface area contributed by atoms with Crippen LogP contribution in [-0.2, 0) is 19.9 Å². The average molecular weight is 605 g/mol. The van der Waals surface area contributed by atoms with E-state index < -0.39 is 17.5 Å². The highest BCUT2D eigenvalue weighted by molar-refractivity contribution is 7.14. The van der Waals surface area contributed by atoms with Gasteiger partial charge in [0.15, 0.2) is 5.82 Å². The van der Waals surface area contributed by atoms with Gasteiger partial charge in [-0.3, -0.25) is 9.59 Å². The lowest BCUT2D eigenvalue weighted by Crippen LogP contribution is -2.44. The second kappa shape index (κ2) is 12.3. The van der Waals surface area contributed by atoms with Gasteiger partial charge < -0.3 is 25.0 Å². The summed E-state index contributed by atoms with van der Waals surface area (Å²) in [7, 11) is 3.64. The van der Waals surface area contributed by atoms with Crippen LogP contribution in [-0.4, -0.2) is 53.6 Å². The molecule has 2 aliphatic rings. The van der Waals surface area contributed by atoms with Crippen molar-refractivity contribution >= 4 is 40.1 Å². The number of likely N-dealkylation sites (N-methyl/N-ethyl adjacent to an activating group) is 1. The number of nitrogens with zero attached hydrogens (tertiary/aromatic N) is 4. The van der Waals surface area contributed by atoms with Crippen molar-refractivity contribution in [1.29, 1.82) is 0 Å². The van der Waals surface area contributed by atoms with Crippen LogP contribution in [0.4, 0.5) is 31.7 Å². The van der Waals surface area contributed by atoms with Crippen molar-refractivity contribution in [1.82, 2.24) is 14.5 Å². The lowest BCUT2D eigenvalue weighted by molar-refractivity contribution is 0.103. The van der Waals surface area contributed by atoms with Gasteiger partial charge in [-0.15, -0.1) is 11.3 Å². The van der Waals surface area contributed by atoms with Crippen LogP contribution in [0, 0.1) is 11.6 Å². The van der Waals surface area contributed by atoms with E-state index in [2.05, 4.69) is 32.5 Å². The Morgan fingerprint density at radius 3 is 2.51 bits per heavy atom. The number of anilines is 4. The fourth-order valence-electron chi connectivity index (χ4n) is 5.65. The quantitative estimate of drug-likeness (QED) is 0.271. The van der Waals surface area contributed by atoms with Gasteiger partial charge in [0.05, 0.1) is 22.4 Å². The van der Waals surface area contributed by atoms with E-state index in [4.69, 9.17) is 0 Å². The molecule has 43 heavy (non-hydrogen) atoms. The lowest BCUT2D eigenvalue weighted by atomic mass is 10.0. The Hall–Kier alpha value is -4.09. The molecule has 1 amide bonds. The zero-order chi connectivity index (χ0) is 30.1. The fraction of sp³-hybridized carbons (Fsp3) is 0.344. The summed E-state index contributed by atoms with van der Waals surface area (Å²) in [5, 5.41) is 5.61. The van der Waals surface area contributed by atoms with Crippen LogP contribution in [0.2, 0.25) is 0 Å². The molecule has 2 N–H and O–H groups in total. The van der Waals surface area contributed by atoms with Gasteiger partial charge in [0.25, 0.3) is 11.5 Å². The number of pyridine rings is 2. The number of hydrogen-bond acceptors (Lipinski definition) is 7. The number of hydrogen-bond donors (Lipinski definition) is 2. The molecule has 0 radical (unpaired) electrons. The maximum atomic E-state index is 15.8. The molecule has 0 bridgehead atoms. The van der Waals surface area contributed by atoms with Crippen molar-refractivity contribution in [2.45, 2.75) is 32.1 Å². The molecule has 1 aromatic carbocycles. The second-order valence-corrected chi connectivity index (χ2v) is 12.4. The number of aromatic nitrogens is 2. The summed E-state index contributed by atoms with van der Waals surface area (Å²) >= 11 is 1.42. The predicted octanol–water partition coefficient (Wildman–Crippen LogP) is 5.80. The summed E-state index contributed by atoms with van der Waals surface area (Å²) in [4.78, 5) is 36.7. The van der Waals surface area contributed by atoms with E-state index >= 15 is 4.39 Å². The molecule has 224 valence electrons. The Balaban J connectivity index is 1.24. The summed E-state index contributed by atoms with van der Waals surface area (Å²) in [5.74, 6) is -1.51. The van der Waals surface area contributed by atoms with E-state index in [9.17, 15) is 14.0 Å². The van der Waals surface area contributed by atoms with E-state index in [1.807, 2.05) is 12.1 Å². The first-order chi connectivity index (χ1) is 20.7. The molecule has 6 rings (SSSR count). The third-order valence-electron chi connectivity index (χ3n) is 8.13. The largest absolute Gasteiger partial charge is 0.368 e. The minimum Gasteiger partial charge on any atom is -0.368 e. The van der Waals surface area contributed by atoms with E-state index in [-0.39, 0.29) is 28.1 Å². The van der Waals surface area contributed by atoms with Gasteiger partial charge in [-0.05, 0) is 68.6 Å². The Kier molecular flexibility index (Phi) is 8.27. The van der Waals surface area contributed by atoms with E-state index in [1.165, 1.54) is 45.0 Å². The SMILES string of the molecule is CN1CCN(c2ccc(Nc3cc(-c4cc(F)cc(NC(=O)c5cc6c(s5)CCCCC6)c4F)cn(C)c3=O)nc2)CC1. The normalized spacial score (nSPS) is 15.6. The smallest absolute Gasteiger partial charge is 0.274 e. The monoisotopic (exact) mass is 604 g/mol. The number of nitrogens with one attached hydrogen (secondary N) is 2. The van der Waals surface area contributed by atoms with Crippen LogP contribution >= 0.6 is 11.3 Å². The molecule has 4 aromatic rings. The summed E-state index contributed by atoms with van der Waals surface area (Å²) in [6.45, 7) is 3.76. The first-order valence-electron chi connectivity index (χ1n) is 14.5. The Morgan fingerprint density at radius 1 is 0.953 bits per heavy atom. The molecule has 4 heterocycles. The molecule has 0 unspecified atom stereocenters. The molecule has 1 saturated heterocycles. The zero-order valence-electron chi connectivity index (χ0n) is 24.3. The molecule has 0 saturated carbocycles. The lowest BCUT2D eigenvalue weighted by Gasteiger charge is -2.33. The molecule has 1 aliphatic heterocycles. The summed E-state index contributed by atoms with van der Waals surface area (Å²) in [6.07, 6.45) is 8.40. The maximum Gasteiger partial charge on any atom is 0.274 e. The fourth-order valence-corrected chi connectivity index (χ4v) is 6.80. The van der Waals surface area contributed by atoms with Crippen LogP contribution in [0.25, 0.3) is 11.1 Å². The van der Waals surface area contributed by atoms with Gasteiger partial charge in [0, 0.05) is 61.5 Å². The number of piperazine rings is 1. The van der Waals surface area contributed by atoms with Gasteiger partial charge in [-0.2, -0.15) is 0 Å². The van der Waals surface area contributed by atoms with E-state index in [0.717, 1.165) is 69.7 Å². The standard InChI is InChI=1S/C32H34F2N6O2S/c1-38-10-12-40(13-11-38)23-8-9-29(35-18-23)36-26-14-21(19-39(2)32(26)42)24-16-22(33)17-25(30(24)34)37-31(41)28-15-20-6-4-3-5-7-27(20)43-28/h8-9,14-19H,3-7,10-13H2,1-2H3,(H,35,36)(H,37,41). The number of carbonyl (C=O) groups is 1. The molecule has 3 aromatic heterocycles. The van der Waals surface area contributed by atoms with Crippen molar-refractivity contribution < 1.29 is 13.6 Å². The zero-order valence-corrected chi connectivity index (χ0v) is 25.1. The van der Waals surface area contributed by atoms with Crippen LogP contribution < -0.4 is 21.1 Å². The van der Waals surface area contributed by atoms with Crippen LogP contribution in [0.5, 0.6) is 0 Å². The number of halogens is 2.